The van der Waals surface area contributed by atoms with Gasteiger partial charge in [0.15, 0.2) is 0 Å². The van der Waals surface area contributed by atoms with Gasteiger partial charge in [0, 0.05) is 24.3 Å². The van der Waals surface area contributed by atoms with Crippen LogP contribution in [0.25, 0.3) is 0 Å². The Morgan fingerprint density at radius 1 is 1.30 bits per heavy atom. The molecule has 112 valence electrons. The molecule has 7 heteroatoms. The summed E-state index contributed by atoms with van der Waals surface area (Å²) in [5.74, 6) is -0.608. The van der Waals surface area contributed by atoms with E-state index in [1.165, 1.54) is 11.2 Å². The number of sulfonamides is 1. The van der Waals surface area contributed by atoms with Gasteiger partial charge in [-0.05, 0) is 32.6 Å². The molecule has 0 unspecified atom stereocenters. The van der Waals surface area contributed by atoms with Crippen molar-refractivity contribution in [1.29, 1.82) is 0 Å². The highest BCUT2D eigenvalue weighted by Gasteiger charge is 2.33. The van der Waals surface area contributed by atoms with Crippen molar-refractivity contribution in [3.8, 4) is 0 Å². The lowest BCUT2D eigenvalue weighted by Crippen LogP contribution is -2.38. The summed E-state index contributed by atoms with van der Waals surface area (Å²) < 4.78 is 26.8. The lowest BCUT2D eigenvalue weighted by Gasteiger charge is -2.29. The Morgan fingerprint density at radius 3 is 2.30 bits per heavy atom. The van der Waals surface area contributed by atoms with E-state index in [4.69, 9.17) is 5.11 Å². The second kappa shape index (κ2) is 5.21. The zero-order valence-electron chi connectivity index (χ0n) is 11.9. The lowest BCUT2D eigenvalue weighted by molar-refractivity contribution is 0.0690. The van der Waals surface area contributed by atoms with E-state index >= 15 is 0 Å². The van der Waals surface area contributed by atoms with E-state index in [1.54, 1.807) is 6.92 Å². The normalized spacial score (nSPS) is 18.4. The minimum Gasteiger partial charge on any atom is -0.477 e. The van der Waals surface area contributed by atoms with E-state index in [-0.39, 0.29) is 16.2 Å². The maximum absolute atomic E-state index is 12.7. The molecule has 0 aromatic carbocycles. The SMILES string of the molecule is Cc1[nH]c(C(=O)O)c(C)c1S(=O)(=O)N1CCC(C)CC1. The number of nitrogens with one attached hydrogen (secondary N) is 1. The Labute approximate surface area is 118 Å². The molecule has 2 heterocycles. The number of carboxylic acids is 1. The molecular weight excluding hydrogens is 280 g/mol. The van der Waals surface area contributed by atoms with Crippen LogP contribution in [0.3, 0.4) is 0 Å². The van der Waals surface area contributed by atoms with Crippen LogP contribution < -0.4 is 0 Å². The number of aromatic amines is 1. The van der Waals surface area contributed by atoms with Crippen LogP contribution in [0, 0.1) is 19.8 Å². The molecule has 1 aromatic rings. The van der Waals surface area contributed by atoms with Gasteiger partial charge in [-0.3, -0.25) is 0 Å². The van der Waals surface area contributed by atoms with Crippen molar-refractivity contribution in [3.63, 3.8) is 0 Å². The summed E-state index contributed by atoms with van der Waals surface area (Å²) in [6, 6.07) is 0. The largest absolute Gasteiger partial charge is 0.477 e. The molecular formula is C13H20N2O4S. The summed E-state index contributed by atoms with van der Waals surface area (Å²) in [5.41, 5.74) is 0.624. The highest BCUT2D eigenvalue weighted by molar-refractivity contribution is 7.89. The summed E-state index contributed by atoms with van der Waals surface area (Å²) in [6.45, 7) is 6.23. The first-order valence-electron chi connectivity index (χ1n) is 6.67. The van der Waals surface area contributed by atoms with Gasteiger partial charge >= 0.3 is 5.97 Å². The fourth-order valence-electron chi connectivity index (χ4n) is 2.69. The van der Waals surface area contributed by atoms with Crippen molar-refractivity contribution in [3.05, 3.63) is 17.0 Å². The number of aryl methyl sites for hydroxylation is 1. The van der Waals surface area contributed by atoms with E-state index in [0.717, 1.165) is 12.8 Å². The molecule has 0 bridgehead atoms. The van der Waals surface area contributed by atoms with Crippen LogP contribution in [-0.2, 0) is 10.0 Å². The fraction of sp³-hybridized carbons (Fsp3) is 0.615. The summed E-state index contributed by atoms with van der Waals surface area (Å²) in [5, 5.41) is 9.07. The van der Waals surface area contributed by atoms with E-state index in [0.29, 0.717) is 24.7 Å². The van der Waals surface area contributed by atoms with Crippen LogP contribution in [0.5, 0.6) is 0 Å². The first kappa shape index (κ1) is 15.1. The van der Waals surface area contributed by atoms with E-state index in [2.05, 4.69) is 11.9 Å². The Hall–Kier alpha value is -1.34. The third-order valence-electron chi connectivity index (χ3n) is 3.92. The van der Waals surface area contributed by atoms with E-state index in [1.807, 2.05) is 0 Å². The number of piperidine rings is 1. The number of nitrogens with zero attached hydrogens (tertiary/aromatic N) is 1. The molecule has 0 amide bonds. The van der Waals surface area contributed by atoms with Crippen molar-refractivity contribution >= 4 is 16.0 Å². The van der Waals surface area contributed by atoms with E-state index < -0.39 is 16.0 Å². The molecule has 0 spiro atoms. The second-order valence-corrected chi connectivity index (χ2v) is 7.35. The minimum absolute atomic E-state index is 0.0496. The zero-order chi connectivity index (χ0) is 15.1. The number of carboxylic acid groups (broad SMARTS) is 1. The number of aromatic nitrogens is 1. The minimum atomic E-state index is -3.62. The van der Waals surface area contributed by atoms with Crippen LogP contribution >= 0.6 is 0 Å². The zero-order valence-corrected chi connectivity index (χ0v) is 12.7. The number of rotatable bonds is 3. The summed E-state index contributed by atoms with van der Waals surface area (Å²) in [7, 11) is -3.62. The van der Waals surface area contributed by atoms with Gasteiger partial charge in [0.05, 0.1) is 0 Å². The molecule has 2 N–H and O–H groups in total. The van der Waals surface area contributed by atoms with Crippen molar-refractivity contribution in [2.75, 3.05) is 13.1 Å². The molecule has 1 fully saturated rings. The van der Waals surface area contributed by atoms with Gasteiger partial charge in [-0.1, -0.05) is 6.92 Å². The van der Waals surface area contributed by atoms with Gasteiger partial charge in [0.2, 0.25) is 10.0 Å². The van der Waals surface area contributed by atoms with Gasteiger partial charge in [-0.15, -0.1) is 0 Å². The van der Waals surface area contributed by atoms with Crippen LogP contribution in [0.2, 0.25) is 0 Å². The molecule has 20 heavy (non-hydrogen) atoms. The van der Waals surface area contributed by atoms with Gasteiger partial charge in [-0.25, -0.2) is 13.2 Å². The summed E-state index contributed by atoms with van der Waals surface area (Å²) in [4.78, 5) is 13.9. The van der Waals surface area contributed by atoms with Gasteiger partial charge in [-0.2, -0.15) is 4.31 Å². The molecule has 0 aliphatic carbocycles. The van der Waals surface area contributed by atoms with Crippen LogP contribution in [0.15, 0.2) is 4.90 Å². The molecule has 6 nitrogen and oxygen atoms in total. The van der Waals surface area contributed by atoms with Crippen LogP contribution in [0.4, 0.5) is 0 Å². The quantitative estimate of drug-likeness (QED) is 0.889. The van der Waals surface area contributed by atoms with Crippen molar-refractivity contribution in [2.45, 2.75) is 38.5 Å². The first-order chi connectivity index (χ1) is 9.25. The number of carbonyl (C=O) groups is 1. The molecule has 1 saturated heterocycles. The Morgan fingerprint density at radius 2 is 1.85 bits per heavy atom. The molecule has 1 aliphatic rings. The Bertz CT molecular complexity index is 625. The number of hydrogen-bond donors (Lipinski definition) is 2. The number of aromatic carboxylic acids is 1. The maximum Gasteiger partial charge on any atom is 0.352 e. The predicted octanol–water partition coefficient (Wildman–Crippen LogP) is 1.75. The monoisotopic (exact) mass is 300 g/mol. The molecule has 0 radical (unpaired) electrons. The third kappa shape index (κ3) is 2.47. The predicted molar refractivity (Wildman–Crippen MR) is 74.4 cm³/mol. The molecule has 1 aliphatic heterocycles. The first-order valence-corrected chi connectivity index (χ1v) is 8.11. The fourth-order valence-corrected chi connectivity index (χ4v) is 4.56. The number of hydrogen-bond acceptors (Lipinski definition) is 3. The Balaban J connectivity index is 2.42. The van der Waals surface area contributed by atoms with E-state index in [9.17, 15) is 13.2 Å². The highest BCUT2D eigenvalue weighted by Crippen LogP contribution is 2.29. The van der Waals surface area contributed by atoms with Gasteiger partial charge in [0.25, 0.3) is 0 Å². The average Bonchev–Trinajstić information content (AvgIpc) is 2.66. The molecule has 0 saturated carbocycles. The van der Waals surface area contributed by atoms with Gasteiger partial charge < -0.3 is 10.1 Å². The lowest BCUT2D eigenvalue weighted by atomic mass is 10.0. The van der Waals surface area contributed by atoms with Gasteiger partial charge in [0.1, 0.15) is 10.6 Å². The second-order valence-electron chi connectivity index (χ2n) is 5.47. The van der Waals surface area contributed by atoms with Crippen molar-refractivity contribution < 1.29 is 18.3 Å². The van der Waals surface area contributed by atoms with Crippen molar-refractivity contribution in [1.82, 2.24) is 9.29 Å². The molecule has 0 atom stereocenters. The number of H-pyrrole nitrogens is 1. The van der Waals surface area contributed by atoms with Crippen molar-refractivity contribution in [2.24, 2.45) is 5.92 Å². The standard InChI is InChI=1S/C13H20N2O4S/c1-8-4-6-15(7-5-8)20(18,19)12-9(2)11(13(16)17)14-10(12)3/h8,14H,4-7H2,1-3H3,(H,16,17). The molecule has 2 rings (SSSR count). The summed E-state index contributed by atoms with van der Waals surface area (Å²) >= 11 is 0. The smallest absolute Gasteiger partial charge is 0.352 e. The average molecular weight is 300 g/mol. The molecule has 1 aromatic heterocycles. The maximum atomic E-state index is 12.7. The third-order valence-corrected chi connectivity index (χ3v) is 6.10. The Kier molecular flexibility index (Phi) is 3.93. The summed E-state index contributed by atoms with van der Waals surface area (Å²) in [6.07, 6.45) is 1.68. The van der Waals surface area contributed by atoms with Crippen LogP contribution in [0.1, 0.15) is 41.5 Å². The van der Waals surface area contributed by atoms with Crippen LogP contribution in [-0.4, -0.2) is 41.9 Å². The highest BCUT2D eigenvalue weighted by atomic mass is 32.2. The topological polar surface area (TPSA) is 90.5 Å².